The summed E-state index contributed by atoms with van der Waals surface area (Å²) in [4.78, 5) is 0. The minimum absolute atomic E-state index is 0.218. The van der Waals surface area contributed by atoms with Gasteiger partial charge >= 0.3 is 6.18 Å². The first-order chi connectivity index (χ1) is 9.50. The van der Waals surface area contributed by atoms with Crippen LogP contribution in [-0.4, -0.2) is 16.4 Å². The Hall–Kier alpha value is -2.02. The molecule has 0 unspecified atom stereocenters. The third-order valence-corrected chi connectivity index (χ3v) is 2.73. The van der Waals surface area contributed by atoms with Crippen LogP contribution in [-0.2, 0) is 19.3 Å². The Labute approximate surface area is 114 Å². The lowest BCUT2D eigenvalue weighted by Crippen LogP contribution is -2.10. The molecule has 2 rings (SSSR count). The van der Waals surface area contributed by atoms with E-state index in [0.717, 1.165) is 18.0 Å². The Morgan fingerprint density at radius 2 is 2.00 bits per heavy atom. The van der Waals surface area contributed by atoms with Gasteiger partial charge in [0.2, 0.25) is 0 Å². The van der Waals surface area contributed by atoms with Crippen molar-refractivity contribution < 1.29 is 17.9 Å². The molecule has 108 valence electrons. The molecule has 0 atom stereocenters. The maximum atomic E-state index is 12.4. The number of aromatic nitrogens is 2. The van der Waals surface area contributed by atoms with Crippen molar-refractivity contribution in [3.05, 3.63) is 47.8 Å². The molecule has 4 nitrogen and oxygen atoms in total. The van der Waals surface area contributed by atoms with Crippen molar-refractivity contribution in [3.8, 4) is 5.75 Å². The standard InChI is InChI=1S/C13H14F3N3O/c14-13(15,16)11-8-18-19(9-11)5-6-20-12-4-2-1-3-10(12)7-17/h1-4,8-9H,5-7,17H2. The fourth-order valence-electron chi connectivity index (χ4n) is 1.69. The highest BCUT2D eigenvalue weighted by Crippen LogP contribution is 2.28. The van der Waals surface area contributed by atoms with Crippen molar-refractivity contribution >= 4 is 0 Å². The van der Waals surface area contributed by atoms with E-state index in [2.05, 4.69) is 5.10 Å². The summed E-state index contributed by atoms with van der Waals surface area (Å²) in [5, 5.41) is 3.65. The van der Waals surface area contributed by atoms with Crippen LogP contribution in [0.15, 0.2) is 36.7 Å². The topological polar surface area (TPSA) is 53.1 Å². The molecule has 0 fully saturated rings. The summed E-state index contributed by atoms with van der Waals surface area (Å²) in [7, 11) is 0. The van der Waals surface area contributed by atoms with Crippen LogP contribution in [0.4, 0.5) is 13.2 Å². The SMILES string of the molecule is NCc1ccccc1OCCn1cc(C(F)(F)F)cn1. The third-order valence-electron chi connectivity index (χ3n) is 2.73. The van der Waals surface area contributed by atoms with Gasteiger partial charge in [-0.2, -0.15) is 18.3 Å². The molecule has 0 spiro atoms. The maximum Gasteiger partial charge on any atom is 0.419 e. The molecule has 1 heterocycles. The van der Waals surface area contributed by atoms with Crippen LogP contribution in [0.5, 0.6) is 5.75 Å². The van der Waals surface area contributed by atoms with E-state index in [1.165, 1.54) is 4.68 Å². The van der Waals surface area contributed by atoms with Crippen molar-refractivity contribution in [2.45, 2.75) is 19.3 Å². The molecule has 0 saturated carbocycles. The number of hydrogen-bond donors (Lipinski definition) is 1. The summed E-state index contributed by atoms with van der Waals surface area (Å²) in [5.41, 5.74) is 5.65. The minimum Gasteiger partial charge on any atom is -0.491 e. The van der Waals surface area contributed by atoms with Gasteiger partial charge in [-0.25, -0.2) is 0 Å². The Morgan fingerprint density at radius 3 is 2.65 bits per heavy atom. The van der Waals surface area contributed by atoms with Crippen LogP contribution in [0.1, 0.15) is 11.1 Å². The van der Waals surface area contributed by atoms with Gasteiger partial charge in [0.1, 0.15) is 12.4 Å². The van der Waals surface area contributed by atoms with Crippen molar-refractivity contribution in [2.24, 2.45) is 5.73 Å². The van der Waals surface area contributed by atoms with Crippen LogP contribution >= 0.6 is 0 Å². The van der Waals surface area contributed by atoms with E-state index in [9.17, 15) is 13.2 Å². The summed E-state index contributed by atoms with van der Waals surface area (Å²) in [6.07, 6.45) is -2.61. The average Bonchev–Trinajstić information content (AvgIpc) is 2.88. The van der Waals surface area contributed by atoms with E-state index in [1.54, 1.807) is 6.07 Å². The van der Waals surface area contributed by atoms with Crippen LogP contribution in [0.2, 0.25) is 0 Å². The van der Waals surface area contributed by atoms with Crippen LogP contribution in [0.25, 0.3) is 0 Å². The predicted molar refractivity (Wildman–Crippen MR) is 67.1 cm³/mol. The molecule has 0 saturated heterocycles. The molecule has 2 N–H and O–H groups in total. The average molecular weight is 285 g/mol. The highest BCUT2D eigenvalue weighted by atomic mass is 19.4. The van der Waals surface area contributed by atoms with Crippen LogP contribution in [0, 0.1) is 0 Å². The molecule has 0 aliphatic rings. The second-order valence-electron chi connectivity index (χ2n) is 4.15. The molecule has 20 heavy (non-hydrogen) atoms. The Kier molecular flexibility index (Phi) is 4.29. The zero-order chi connectivity index (χ0) is 14.6. The third kappa shape index (κ3) is 3.51. The van der Waals surface area contributed by atoms with Crippen molar-refractivity contribution in [3.63, 3.8) is 0 Å². The molecule has 7 heteroatoms. The number of ether oxygens (including phenoxy) is 1. The van der Waals surface area contributed by atoms with Gasteiger partial charge in [0.05, 0.1) is 18.3 Å². The quantitative estimate of drug-likeness (QED) is 0.918. The molecule has 1 aromatic heterocycles. The maximum absolute atomic E-state index is 12.4. The van der Waals surface area contributed by atoms with E-state index in [1.807, 2.05) is 18.2 Å². The number of nitrogens with zero attached hydrogens (tertiary/aromatic N) is 2. The van der Waals surface area contributed by atoms with E-state index in [0.29, 0.717) is 12.3 Å². The Bertz CT molecular complexity index is 566. The molecular formula is C13H14F3N3O. The van der Waals surface area contributed by atoms with Crippen molar-refractivity contribution in [1.82, 2.24) is 9.78 Å². The minimum atomic E-state index is -4.37. The lowest BCUT2D eigenvalue weighted by molar-refractivity contribution is -0.137. The zero-order valence-corrected chi connectivity index (χ0v) is 10.6. The van der Waals surface area contributed by atoms with E-state index < -0.39 is 11.7 Å². The highest BCUT2D eigenvalue weighted by molar-refractivity contribution is 5.32. The molecule has 2 aromatic rings. The van der Waals surface area contributed by atoms with Gasteiger partial charge in [0, 0.05) is 18.3 Å². The first-order valence-electron chi connectivity index (χ1n) is 6.01. The summed E-state index contributed by atoms with van der Waals surface area (Å²) in [5.74, 6) is 0.637. The van der Waals surface area contributed by atoms with Gasteiger partial charge in [-0.05, 0) is 6.07 Å². The molecule has 0 amide bonds. The van der Waals surface area contributed by atoms with Gasteiger partial charge in [0.25, 0.3) is 0 Å². The number of nitrogens with two attached hydrogens (primary N) is 1. The lowest BCUT2D eigenvalue weighted by Gasteiger charge is -2.10. The smallest absolute Gasteiger partial charge is 0.419 e. The molecule has 0 bridgehead atoms. The van der Waals surface area contributed by atoms with Crippen molar-refractivity contribution in [2.75, 3.05) is 6.61 Å². The summed E-state index contributed by atoms with van der Waals surface area (Å²) in [6.45, 7) is 0.793. The fraction of sp³-hybridized carbons (Fsp3) is 0.308. The summed E-state index contributed by atoms with van der Waals surface area (Å²) >= 11 is 0. The molecular weight excluding hydrogens is 271 g/mol. The summed E-state index contributed by atoms with van der Waals surface area (Å²) < 4.78 is 43.9. The number of halogens is 3. The van der Waals surface area contributed by atoms with Gasteiger partial charge in [-0.3, -0.25) is 4.68 Å². The number of alkyl halides is 3. The number of para-hydroxylation sites is 1. The normalized spacial score (nSPS) is 11.6. The molecule has 0 radical (unpaired) electrons. The first-order valence-corrected chi connectivity index (χ1v) is 6.01. The monoisotopic (exact) mass is 285 g/mol. The number of hydrogen-bond acceptors (Lipinski definition) is 3. The molecule has 0 aliphatic carbocycles. The predicted octanol–water partition coefficient (Wildman–Crippen LogP) is 2.44. The van der Waals surface area contributed by atoms with Gasteiger partial charge in [-0.15, -0.1) is 0 Å². The lowest BCUT2D eigenvalue weighted by atomic mass is 10.2. The van der Waals surface area contributed by atoms with E-state index >= 15 is 0 Å². The van der Waals surface area contributed by atoms with Crippen LogP contribution < -0.4 is 10.5 Å². The largest absolute Gasteiger partial charge is 0.491 e. The highest BCUT2D eigenvalue weighted by Gasteiger charge is 2.32. The number of benzene rings is 1. The van der Waals surface area contributed by atoms with E-state index in [-0.39, 0.29) is 13.2 Å². The van der Waals surface area contributed by atoms with E-state index in [4.69, 9.17) is 10.5 Å². The molecule has 0 aliphatic heterocycles. The second-order valence-corrected chi connectivity index (χ2v) is 4.15. The van der Waals surface area contributed by atoms with Gasteiger partial charge in [0.15, 0.2) is 0 Å². The Morgan fingerprint density at radius 1 is 1.25 bits per heavy atom. The fourth-order valence-corrected chi connectivity index (χ4v) is 1.69. The van der Waals surface area contributed by atoms with Crippen LogP contribution in [0.3, 0.4) is 0 Å². The zero-order valence-electron chi connectivity index (χ0n) is 10.6. The first kappa shape index (κ1) is 14.4. The Balaban J connectivity index is 1.91. The van der Waals surface area contributed by atoms with Gasteiger partial charge < -0.3 is 10.5 Å². The summed E-state index contributed by atoms with van der Waals surface area (Å²) in [6, 6.07) is 7.26. The van der Waals surface area contributed by atoms with Crippen molar-refractivity contribution in [1.29, 1.82) is 0 Å². The second kappa shape index (κ2) is 5.96. The number of rotatable bonds is 5. The van der Waals surface area contributed by atoms with Gasteiger partial charge in [-0.1, -0.05) is 18.2 Å². The molecule has 1 aromatic carbocycles.